The van der Waals surface area contributed by atoms with Crippen molar-refractivity contribution in [1.82, 2.24) is 0 Å². The second-order valence-electron chi connectivity index (χ2n) is 2.32. The lowest BCUT2D eigenvalue weighted by molar-refractivity contribution is 0.0196. The van der Waals surface area contributed by atoms with Crippen molar-refractivity contribution in [2.24, 2.45) is 0 Å². The molecule has 0 aromatic carbocycles. The van der Waals surface area contributed by atoms with E-state index in [0.717, 1.165) is 6.42 Å². The second-order valence-corrected chi connectivity index (χ2v) is 2.32. The van der Waals surface area contributed by atoms with Crippen LogP contribution in [0.4, 0.5) is 0 Å². The van der Waals surface area contributed by atoms with E-state index >= 15 is 0 Å². The number of rotatable bonds is 2. The van der Waals surface area contributed by atoms with E-state index in [9.17, 15) is 0 Å². The van der Waals surface area contributed by atoms with Crippen LogP contribution >= 0.6 is 0 Å². The van der Waals surface area contributed by atoms with Gasteiger partial charge in [-0.15, -0.1) is 0 Å². The fraction of sp³-hybridized carbons (Fsp3) is 1.00. The van der Waals surface area contributed by atoms with E-state index in [1.54, 1.807) is 7.11 Å². The molecule has 1 nitrogen and oxygen atoms in total. The van der Waals surface area contributed by atoms with Crippen LogP contribution < -0.4 is 0 Å². The third-order valence-corrected chi connectivity index (χ3v) is 1.40. The van der Waals surface area contributed by atoms with Gasteiger partial charge in [0.05, 0.1) is 5.60 Å². The van der Waals surface area contributed by atoms with Crippen LogP contribution in [0.2, 0.25) is 0 Å². The maximum atomic E-state index is 5.09. The molecule has 0 heterocycles. The van der Waals surface area contributed by atoms with Crippen molar-refractivity contribution >= 4 is 0 Å². The number of hydrogen-bond donors (Lipinski definition) is 0. The topological polar surface area (TPSA) is 9.23 Å². The lowest BCUT2D eigenvalue weighted by Gasteiger charge is -2.19. The predicted octanol–water partition coefficient (Wildman–Crippen LogP) is 2.46. The van der Waals surface area contributed by atoms with E-state index in [1.165, 1.54) is 0 Å². The van der Waals surface area contributed by atoms with Crippen molar-refractivity contribution in [2.75, 3.05) is 7.11 Å². The number of ether oxygens (including phenoxy) is 1. The average Bonchev–Trinajstić information content (AvgIpc) is 1.68. The van der Waals surface area contributed by atoms with Gasteiger partial charge in [-0.25, -0.2) is 0 Å². The lowest BCUT2D eigenvalue weighted by atomic mass is 10.1. The van der Waals surface area contributed by atoms with Crippen molar-refractivity contribution in [3.8, 4) is 0 Å². The summed E-state index contributed by atoms with van der Waals surface area (Å²) in [4.78, 5) is 0. The van der Waals surface area contributed by atoms with Gasteiger partial charge in [0.1, 0.15) is 0 Å². The highest BCUT2D eigenvalue weighted by Gasteiger charge is 2.10. The van der Waals surface area contributed by atoms with Gasteiger partial charge >= 0.3 is 0 Å². The van der Waals surface area contributed by atoms with Gasteiger partial charge in [-0.3, -0.25) is 0 Å². The summed E-state index contributed by atoms with van der Waals surface area (Å²) in [5.74, 6) is 0. The number of methoxy groups -OCH3 is 1. The molecule has 8 heavy (non-hydrogen) atoms. The molecule has 52 valence electrons. The van der Waals surface area contributed by atoms with Crippen molar-refractivity contribution in [1.29, 1.82) is 0 Å². The Bertz CT molecular complexity index is 42.3. The first-order valence-corrected chi connectivity index (χ1v) is 2.67. The molecule has 0 saturated heterocycles. The summed E-state index contributed by atoms with van der Waals surface area (Å²) in [7, 11) is 1.74. The molecule has 0 aromatic rings. The molecule has 1 heteroatoms. The Labute approximate surface area is 53.0 Å². The highest BCUT2D eigenvalue weighted by atomic mass is 16.5. The molecule has 0 aromatic heterocycles. The zero-order valence-electron chi connectivity index (χ0n) is 5.62. The summed E-state index contributed by atoms with van der Waals surface area (Å²) in [5, 5.41) is 0. The maximum absolute atomic E-state index is 5.09. The van der Waals surface area contributed by atoms with Crippen LogP contribution in [0, 0.1) is 0 Å². The molecule has 0 saturated carbocycles. The minimum Gasteiger partial charge on any atom is -0.379 e. The van der Waals surface area contributed by atoms with Crippen LogP contribution in [0.1, 0.15) is 34.6 Å². The molecule has 0 spiro atoms. The highest BCUT2D eigenvalue weighted by molar-refractivity contribution is 4.62. The summed E-state index contributed by atoms with van der Waals surface area (Å²) < 4.78 is 5.09. The molecule has 0 aliphatic carbocycles. The van der Waals surface area contributed by atoms with Crippen molar-refractivity contribution in [3.63, 3.8) is 0 Å². The molecule has 0 amide bonds. The van der Waals surface area contributed by atoms with Gasteiger partial charge in [-0.2, -0.15) is 0 Å². The van der Waals surface area contributed by atoms with Crippen LogP contribution in [0.5, 0.6) is 0 Å². The Kier molecular flexibility index (Phi) is 5.29. The Morgan fingerprint density at radius 2 is 1.75 bits per heavy atom. The molecular formula is C7H18O. The first kappa shape index (κ1) is 10.9. The Morgan fingerprint density at radius 1 is 1.38 bits per heavy atom. The first-order chi connectivity index (χ1) is 3.12. The molecular weight excluding hydrogens is 100 g/mol. The van der Waals surface area contributed by atoms with Crippen molar-refractivity contribution < 1.29 is 4.74 Å². The van der Waals surface area contributed by atoms with E-state index in [2.05, 4.69) is 20.8 Å². The van der Waals surface area contributed by atoms with Gasteiger partial charge in [0, 0.05) is 7.11 Å². The smallest absolute Gasteiger partial charge is 0.0620 e. The predicted molar refractivity (Wildman–Crippen MR) is 38.1 cm³/mol. The normalized spacial score (nSPS) is 10.5. The third kappa shape index (κ3) is 4.13. The SMILES string of the molecule is C.CCC(C)(C)OC. The quantitative estimate of drug-likeness (QED) is 0.541. The molecule has 0 bridgehead atoms. The largest absolute Gasteiger partial charge is 0.379 e. The highest BCUT2D eigenvalue weighted by Crippen LogP contribution is 2.10. The standard InChI is InChI=1S/C6H14O.CH4/c1-5-6(2,3)7-4;/h5H2,1-4H3;1H4. The van der Waals surface area contributed by atoms with Gasteiger partial charge in [0.2, 0.25) is 0 Å². The van der Waals surface area contributed by atoms with Gasteiger partial charge in [0.25, 0.3) is 0 Å². The fourth-order valence-corrected chi connectivity index (χ4v) is 0.144. The van der Waals surface area contributed by atoms with Crippen molar-refractivity contribution in [3.05, 3.63) is 0 Å². The number of hydrogen-bond acceptors (Lipinski definition) is 1. The summed E-state index contributed by atoms with van der Waals surface area (Å²) in [6.45, 7) is 6.27. The Hall–Kier alpha value is -0.0400. The van der Waals surface area contributed by atoms with E-state index in [4.69, 9.17) is 4.74 Å². The molecule has 0 atom stereocenters. The summed E-state index contributed by atoms with van der Waals surface area (Å²) in [5.41, 5.74) is 0.0833. The van der Waals surface area contributed by atoms with Crippen LogP contribution in [-0.2, 0) is 4.74 Å². The van der Waals surface area contributed by atoms with E-state index < -0.39 is 0 Å². The molecule has 0 unspecified atom stereocenters. The molecule has 0 N–H and O–H groups in total. The lowest BCUT2D eigenvalue weighted by Crippen LogP contribution is -2.20. The van der Waals surface area contributed by atoms with E-state index in [-0.39, 0.29) is 13.0 Å². The Balaban J connectivity index is 0. The van der Waals surface area contributed by atoms with Gasteiger partial charge < -0.3 is 4.74 Å². The van der Waals surface area contributed by atoms with Crippen LogP contribution in [0.25, 0.3) is 0 Å². The van der Waals surface area contributed by atoms with Gasteiger partial charge in [-0.1, -0.05) is 14.4 Å². The molecule has 0 fully saturated rings. The van der Waals surface area contributed by atoms with Gasteiger partial charge in [-0.05, 0) is 20.3 Å². The minimum atomic E-state index is 0. The Morgan fingerprint density at radius 3 is 1.75 bits per heavy atom. The van der Waals surface area contributed by atoms with E-state index in [1.807, 2.05) is 0 Å². The first-order valence-electron chi connectivity index (χ1n) is 2.67. The molecule has 0 aliphatic rings. The maximum Gasteiger partial charge on any atom is 0.0620 e. The average molecular weight is 118 g/mol. The van der Waals surface area contributed by atoms with Crippen LogP contribution in [0.3, 0.4) is 0 Å². The van der Waals surface area contributed by atoms with Gasteiger partial charge in [0.15, 0.2) is 0 Å². The van der Waals surface area contributed by atoms with Crippen LogP contribution in [0.15, 0.2) is 0 Å². The molecule has 0 radical (unpaired) electrons. The minimum absolute atomic E-state index is 0. The van der Waals surface area contributed by atoms with Crippen LogP contribution in [-0.4, -0.2) is 12.7 Å². The summed E-state index contributed by atoms with van der Waals surface area (Å²) in [6, 6.07) is 0. The van der Waals surface area contributed by atoms with Crippen molar-refractivity contribution in [2.45, 2.75) is 40.2 Å². The third-order valence-electron chi connectivity index (χ3n) is 1.40. The monoisotopic (exact) mass is 118 g/mol. The zero-order valence-corrected chi connectivity index (χ0v) is 5.62. The molecule has 0 rings (SSSR count). The second kappa shape index (κ2) is 3.90. The van der Waals surface area contributed by atoms with E-state index in [0.29, 0.717) is 0 Å². The fourth-order valence-electron chi connectivity index (χ4n) is 0.144. The molecule has 0 aliphatic heterocycles. The zero-order chi connectivity index (χ0) is 5.91. The summed E-state index contributed by atoms with van der Waals surface area (Å²) >= 11 is 0. The summed E-state index contributed by atoms with van der Waals surface area (Å²) in [6.07, 6.45) is 1.07.